The molecule has 0 spiro atoms. The lowest BCUT2D eigenvalue weighted by atomic mass is 9.72. The topological polar surface area (TPSA) is 55.1 Å². The molecule has 0 radical (unpaired) electrons. The molecule has 124 valence electrons. The van der Waals surface area contributed by atoms with Gasteiger partial charge < -0.3 is 5.11 Å². The van der Waals surface area contributed by atoms with E-state index in [9.17, 15) is 4.79 Å². The highest BCUT2D eigenvalue weighted by molar-refractivity contribution is 5.87. The fourth-order valence-electron chi connectivity index (χ4n) is 3.36. The Morgan fingerprint density at radius 1 is 1.13 bits per heavy atom. The van der Waals surface area contributed by atoms with Gasteiger partial charge >= 0.3 is 5.97 Å². The maximum absolute atomic E-state index is 11.0. The molecule has 0 atom stereocenters. The first-order valence-electron chi connectivity index (χ1n) is 7.88. The number of carbonyl (C=O) groups is 1. The zero-order valence-corrected chi connectivity index (χ0v) is 14.8. The van der Waals surface area contributed by atoms with Gasteiger partial charge in [0.2, 0.25) is 0 Å². The zero-order chi connectivity index (χ0) is 17.4. The van der Waals surface area contributed by atoms with Crippen molar-refractivity contribution in [2.45, 2.75) is 46.5 Å². The number of nitrogens with zero attached hydrogens (tertiary/aromatic N) is 2. The van der Waals surface area contributed by atoms with Crippen molar-refractivity contribution in [1.29, 1.82) is 0 Å². The fraction of sp³-hybridized carbons (Fsp3) is 0.474. The third-order valence-corrected chi connectivity index (χ3v) is 4.03. The first kappa shape index (κ1) is 17.3. The summed E-state index contributed by atoms with van der Waals surface area (Å²) in [5.41, 5.74) is 3.50. The SMILES string of the molecule is Cn1nc(C(=O)O)cc1-c1ccc(C(C)(C)CC(C)(C)C)cc1. The van der Waals surface area contributed by atoms with Crippen LogP contribution in [0.3, 0.4) is 0 Å². The van der Waals surface area contributed by atoms with Crippen molar-refractivity contribution < 1.29 is 9.90 Å². The first-order valence-corrected chi connectivity index (χ1v) is 7.88. The van der Waals surface area contributed by atoms with Crippen molar-refractivity contribution in [3.8, 4) is 11.3 Å². The predicted molar refractivity (Wildman–Crippen MR) is 92.7 cm³/mol. The Morgan fingerprint density at radius 2 is 1.70 bits per heavy atom. The lowest BCUT2D eigenvalue weighted by Gasteiger charge is -2.33. The smallest absolute Gasteiger partial charge is 0.356 e. The minimum Gasteiger partial charge on any atom is -0.476 e. The van der Waals surface area contributed by atoms with Crippen molar-refractivity contribution >= 4 is 5.97 Å². The number of benzene rings is 1. The van der Waals surface area contributed by atoms with Crippen LogP contribution in [0.5, 0.6) is 0 Å². The fourth-order valence-corrected chi connectivity index (χ4v) is 3.36. The highest BCUT2D eigenvalue weighted by atomic mass is 16.4. The zero-order valence-electron chi connectivity index (χ0n) is 14.8. The van der Waals surface area contributed by atoms with Gasteiger partial charge in [-0.2, -0.15) is 5.10 Å². The molecule has 2 aromatic rings. The third-order valence-electron chi connectivity index (χ3n) is 4.03. The van der Waals surface area contributed by atoms with E-state index in [0.29, 0.717) is 0 Å². The van der Waals surface area contributed by atoms with Gasteiger partial charge in [-0.05, 0) is 34.4 Å². The number of aromatic nitrogens is 2. The average molecular weight is 314 g/mol. The number of carboxylic acids is 1. The maximum Gasteiger partial charge on any atom is 0.356 e. The van der Waals surface area contributed by atoms with Crippen molar-refractivity contribution in [3.63, 3.8) is 0 Å². The summed E-state index contributed by atoms with van der Waals surface area (Å²) in [5, 5.41) is 13.1. The van der Waals surface area contributed by atoms with E-state index in [2.05, 4.69) is 51.9 Å². The number of carboxylic acid groups (broad SMARTS) is 1. The molecule has 1 aromatic carbocycles. The Morgan fingerprint density at radius 3 is 2.13 bits per heavy atom. The number of hydrogen-bond donors (Lipinski definition) is 1. The van der Waals surface area contributed by atoms with Crippen LogP contribution in [0.25, 0.3) is 11.3 Å². The molecule has 0 unspecified atom stereocenters. The van der Waals surface area contributed by atoms with Crippen molar-refractivity contribution in [1.82, 2.24) is 9.78 Å². The van der Waals surface area contributed by atoms with Gasteiger partial charge in [-0.15, -0.1) is 0 Å². The highest BCUT2D eigenvalue weighted by Crippen LogP contribution is 2.36. The molecule has 4 heteroatoms. The van der Waals surface area contributed by atoms with Crippen LogP contribution in [0, 0.1) is 5.41 Å². The maximum atomic E-state index is 11.0. The minimum absolute atomic E-state index is 0.0691. The number of hydrogen-bond acceptors (Lipinski definition) is 2. The molecule has 0 aliphatic rings. The summed E-state index contributed by atoms with van der Waals surface area (Å²) in [5.74, 6) is -1.00. The van der Waals surface area contributed by atoms with Crippen LogP contribution in [0.15, 0.2) is 30.3 Å². The van der Waals surface area contributed by atoms with E-state index in [1.807, 2.05) is 12.1 Å². The molecule has 0 aliphatic carbocycles. The minimum atomic E-state index is -1.00. The summed E-state index contributed by atoms with van der Waals surface area (Å²) in [6, 6.07) is 9.96. The van der Waals surface area contributed by atoms with Crippen LogP contribution in [0.1, 0.15) is 57.1 Å². The normalized spacial score (nSPS) is 12.4. The van der Waals surface area contributed by atoms with Gasteiger partial charge in [-0.25, -0.2) is 4.79 Å². The Labute approximate surface area is 138 Å². The summed E-state index contributed by atoms with van der Waals surface area (Å²) in [6.07, 6.45) is 1.09. The largest absolute Gasteiger partial charge is 0.476 e. The molecule has 0 saturated heterocycles. The molecule has 4 nitrogen and oxygen atoms in total. The Kier molecular flexibility index (Phi) is 4.38. The molecule has 0 bridgehead atoms. The monoisotopic (exact) mass is 314 g/mol. The molecule has 0 saturated carbocycles. The Bertz CT molecular complexity index is 704. The van der Waals surface area contributed by atoms with E-state index in [1.54, 1.807) is 17.8 Å². The van der Waals surface area contributed by atoms with Gasteiger partial charge in [0, 0.05) is 7.05 Å². The quantitative estimate of drug-likeness (QED) is 0.904. The molecule has 1 N–H and O–H groups in total. The van der Waals surface area contributed by atoms with E-state index in [-0.39, 0.29) is 16.5 Å². The van der Waals surface area contributed by atoms with Crippen LogP contribution in [-0.2, 0) is 12.5 Å². The highest BCUT2D eigenvalue weighted by Gasteiger charge is 2.27. The summed E-state index contributed by atoms with van der Waals surface area (Å²) in [7, 11) is 1.76. The molecule has 0 amide bonds. The van der Waals surface area contributed by atoms with E-state index < -0.39 is 5.97 Å². The second-order valence-corrected chi connectivity index (χ2v) is 8.04. The summed E-state index contributed by atoms with van der Waals surface area (Å²) in [4.78, 5) is 11.0. The first-order chi connectivity index (χ1) is 10.5. The van der Waals surface area contributed by atoms with Crippen molar-refractivity contribution in [2.75, 3.05) is 0 Å². The predicted octanol–water partition coefficient (Wildman–Crippen LogP) is 4.50. The number of aromatic carboxylic acids is 1. The molecule has 0 fully saturated rings. The second kappa shape index (κ2) is 5.84. The summed E-state index contributed by atoms with van der Waals surface area (Å²) < 4.78 is 1.61. The third kappa shape index (κ3) is 4.01. The summed E-state index contributed by atoms with van der Waals surface area (Å²) >= 11 is 0. The van der Waals surface area contributed by atoms with Crippen LogP contribution in [0.4, 0.5) is 0 Å². The van der Waals surface area contributed by atoms with Gasteiger partial charge in [0.05, 0.1) is 5.69 Å². The van der Waals surface area contributed by atoms with Crippen LogP contribution in [-0.4, -0.2) is 20.9 Å². The van der Waals surface area contributed by atoms with Gasteiger partial charge in [0.15, 0.2) is 5.69 Å². The number of aryl methyl sites for hydroxylation is 1. The molecule has 23 heavy (non-hydrogen) atoms. The molecule has 1 aromatic heterocycles. The molecule has 2 rings (SSSR count). The molecule has 1 heterocycles. The average Bonchev–Trinajstić information content (AvgIpc) is 2.78. The van der Waals surface area contributed by atoms with E-state index >= 15 is 0 Å². The van der Waals surface area contributed by atoms with E-state index in [0.717, 1.165) is 17.7 Å². The molecular formula is C19H26N2O2. The van der Waals surface area contributed by atoms with Gasteiger partial charge in [0.25, 0.3) is 0 Å². The van der Waals surface area contributed by atoms with Crippen molar-refractivity contribution in [2.24, 2.45) is 12.5 Å². The van der Waals surface area contributed by atoms with E-state index in [4.69, 9.17) is 5.11 Å². The Hall–Kier alpha value is -2.10. The van der Waals surface area contributed by atoms with Crippen LogP contribution < -0.4 is 0 Å². The summed E-state index contributed by atoms with van der Waals surface area (Å²) in [6.45, 7) is 11.3. The lowest BCUT2D eigenvalue weighted by Crippen LogP contribution is -2.24. The molecule has 0 aliphatic heterocycles. The molecular weight excluding hydrogens is 288 g/mol. The number of rotatable bonds is 4. The second-order valence-electron chi connectivity index (χ2n) is 8.04. The van der Waals surface area contributed by atoms with Crippen LogP contribution >= 0.6 is 0 Å². The Balaban J connectivity index is 2.31. The van der Waals surface area contributed by atoms with E-state index in [1.165, 1.54) is 5.56 Å². The lowest BCUT2D eigenvalue weighted by molar-refractivity contribution is 0.0689. The standard InChI is InChI=1S/C19H26N2O2/c1-18(2,3)12-19(4,5)14-9-7-13(8-10-14)16-11-15(17(22)23)20-21(16)6/h7-11H,12H2,1-6H3,(H,22,23). The van der Waals surface area contributed by atoms with Gasteiger partial charge in [-0.1, -0.05) is 58.9 Å². The van der Waals surface area contributed by atoms with Gasteiger partial charge in [-0.3, -0.25) is 4.68 Å². The van der Waals surface area contributed by atoms with Crippen molar-refractivity contribution in [3.05, 3.63) is 41.6 Å². The van der Waals surface area contributed by atoms with Gasteiger partial charge in [0.1, 0.15) is 0 Å². The van der Waals surface area contributed by atoms with Crippen LogP contribution in [0.2, 0.25) is 0 Å².